The van der Waals surface area contributed by atoms with E-state index >= 15 is 0 Å². The zero-order valence-corrected chi connectivity index (χ0v) is 9.89. The first-order chi connectivity index (χ1) is 8.15. The largest absolute Gasteiger partial charge is 0.429 e. The normalized spacial score (nSPS) is 13.2. The molecular formula is C13H15F2NO. The Morgan fingerprint density at radius 3 is 2.76 bits per heavy atom. The minimum Gasteiger partial charge on any atom is -0.429 e. The fourth-order valence-electron chi connectivity index (χ4n) is 1.94. The Balaban J connectivity index is 2.31. The van der Waals surface area contributed by atoms with Crippen molar-refractivity contribution in [3.8, 4) is 0 Å². The van der Waals surface area contributed by atoms with Gasteiger partial charge in [0, 0.05) is 6.04 Å². The highest BCUT2D eigenvalue weighted by atomic mass is 19.2. The van der Waals surface area contributed by atoms with Crippen molar-refractivity contribution in [2.75, 3.05) is 7.05 Å². The molecule has 0 amide bonds. The van der Waals surface area contributed by atoms with Crippen LogP contribution in [0.1, 0.15) is 18.9 Å². The molecule has 0 aliphatic heterocycles. The van der Waals surface area contributed by atoms with E-state index in [1.165, 1.54) is 0 Å². The molecule has 1 atom stereocenters. The summed E-state index contributed by atoms with van der Waals surface area (Å²) in [4.78, 5) is 0. The summed E-state index contributed by atoms with van der Waals surface area (Å²) < 4.78 is 30.8. The minimum atomic E-state index is -1.14. The first-order valence-electron chi connectivity index (χ1n) is 5.69. The van der Waals surface area contributed by atoms with Gasteiger partial charge >= 0.3 is 6.01 Å². The van der Waals surface area contributed by atoms with Crippen LogP contribution < -0.4 is 5.32 Å². The summed E-state index contributed by atoms with van der Waals surface area (Å²) in [5.74, 6) is -0.910. The quantitative estimate of drug-likeness (QED) is 0.886. The van der Waals surface area contributed by atoms with Crippen LogP contribution >= 0.6 is 0 Å². The van der Waals surface area contributed by atoms with Crippen LogP contribution in [0.3, 0.4) is 0 Å². The Morgan fingerprint density at radius 1 is 1.35 bits per heavy atom. The van der Waals surface area contributed by atoms with Gasteiger partial charge in [-0.2, -0.15) is 8.78 Å². The van der Waals surface area contributed by atoms with Gasteiger partial charge in [-0.05, 0) is 37.6 Å². The van der Waals surface area contributed by atoms with Crippen LogP contribution in [0.5, 0.6) is 0 Å². The molecule has 1 heterocycles. The van der Waals surface area contributed by atoms with Crippen molar-refractivity contribution < 1.29 is 13.2 Å². The number of nitrogens with one attached hydrogen (secondary N) is 1. The van der Waals surface area contributed by atoms with E-state index in [2.05, 4.69) is 12.2 Å². The van der Waals surface area contributed by atoms with Crippen molar-refractivity contribution in [1.82, 2.24) is 5.32 Å². The lowest BCUT2D eigenvalue weighted by Gasteiger charge is -2.13. The Hall–Kier alpha value is -1.42. The highest BCUT2D eigenvalue weighted by molar-refractivity contribution is 5.78. The van der Waals surface area contributed by atoms with Gasteiger partial charge in [0.05, 0.1) is 5.39 Å². The fraction of sp³-hybridized carbons (Fsp3) is 0.385. The van der Waals surface area contributed by atoms with Gasteiger partial charge in [-0.25, -0.2) is 0 Å². The number of fused-ring (bicyclic) bond motifs is 1. The average Bonchev–Trinajstić information content (AvgIpc) is 2.62. The van der Waals surface area contributed by atoms with E-state index in [0.717, 1.165) is 18.4 Å². The molecule has 2 rings (SSSR count). The summed E-state index contributed by atoms with van der Waals surface area (Å²) in [6.45, 7) is 2.09. The van der Waals surface area contributed by atoms with Gasteiger partial charge in [0.25, 0.3) is 0 Å². The van der Waals surface area contributed by atoms with Gasteiger partial charge in [-0.1, -0.05) is 13.0 Å². The topological polar surface area (TPSA) is 25.2 Å². The van der Waals surface area contributed by atoms with E-state index in [4.69, 9.17) is 4.42 Å². The number of hydrogen-bond donors (Lipinski definition) is 1. The molecule has 1 N–H and O–H groups in total. The van der Waals surface area contributed by atoms with Gasteiger partial charge in [0.15, 0.2) is 0 Å². The molecular weight excluding hydrogens is 224 g/mol. The van der Waals surface area contributed by atoms with Gasteiger partial charge < -0.3 is 9.73 Å². The summed E-state index contributed by atoms with van der Waals surface area (Å²) in [5.41, 5.74) is 1.27. The number of rotatable bonds is 4. The van der Waals surface area contributed by atoms with E-state index in [0.29, 0.717) is 6.04 Å². The van der Waals surface area contributed by atoms with E-state index < -0.39 is 11.8 Å². The van der Waals surface area contributed by atoms with Crippen molar-refractivity contribution in [1.29, 1.82) is 0 Å². The van der Waals surface area contributed by atoms with E-state index in [1.807, 2.05) is 7.05 Å². The van der Waals surface area contributed by atoms with Crippen molar-refractivity contribution >= 4 is 11.0 Å². The minimum absolute atomic E-state index is 0.198. The molecule has 0 aliphatic rings. The summed E-state index contributed by atoms with van der Waals surface area (Å²) in [6.07, 6.45) is 1.81. The molecule has 1 aromatic heterocycles. The Bertz CT molecular complexity index is 517. The van der Waals surface area contributed by atoms with Crippen LogP contribution in [-0.2, 0) is 6.42 Å². The van der Waals surface area contributed by atoms with E-state index in [9.17, 15) is 8.78 Å². The molecule has 0 fully saturated rings. The molecule has 2 nitrogen and oxygen atoms in total. The number of halogens is 2. The molecule has 2 aromatic rings. The summed E-state index contributed by atoms with van der Waals surface area (Å²) in [7, 11) is 1.90. The molecule has 1 aromatic carbocycles. The third kappa shape index (κ3) is 2.31. The van der Waals surface area contributed by atoms with Crippen LogP contribution in [0.15, 0.2) is 22.6 Å². The van der Waals surface area contributed by atoms with E-state index in [1.54, 1.807) is 18.2 Å². The summed E-state index contributed by atoms with van der Waals surface area (Å²) in [6, 6.07) is 4.28. The van der Waals surface area contributed by atoms with Crippen LogP contribution in [0, 0.1) is 11.8 Å². The number of hydrogen-bond acceptors (Lipinski definition) is 2. The van der Waals surface area contributed by atoms with Crippen LogP contribution in [0.4, 0.5) is 8.78 Å². The number of likely N-dealkylation sites (N-methyl/N-ethyl adjacent to an activating group) is 1. The lowest BCUT2D eigenvalue weighted by atomic mass is 10.0. The zero-order chi connectivity index (χ0) is 12.4. The average molecular weight is 239 g/mol. The van der Waals surface area contributed by atoms with Gasteiger partial charge in [0.2, 0.25) is 5.82 Å². The van der Waals surface area contributed by atoms with Crippen LogP contribution in [0.25, 0.3) is 11.0 Å². The summed E-state index contributed by atoms with van der Waals surface area (Å²) in [5, 5.41) is 3.38. The number of furan rings is 1. The highest BCUT2D eigenvalue weighted by Crippen LogP contribution is 2.24. The third-order valence-corrected chi connectivity index (χ3v) is 3.04. The Morgan fingerprint density at radius 2 is 2.12 bits per heavy atom. The molecule has 0 saturated heterocycles. The van der Waals surface area contributed by atoms with Gasteiger partial charge in [0.1, 0.15) is 5.58 Å². The maximum Gasteiger partial charge on any atom is 0.315 e. The lowest BCUT2D eigenvalue weighted by molar-refractivity contribution is 0.342. The predicted molar refractivity (Wildman–Crippen MR) is 63.0 cm³/mol. The van der Waals surface area contributed by atoms with Gasteiger partial charge in [-0.3, -0.25) is 0 Å². The molecule has 0 spiro atoms. The van der Waals surface area contributed by atoms with Crippen molar-refractivity contribution in [2.24, 2.45) is 0 Å². The van der Waals surface area contributed by atoms with Crippen molar-refractivity contribution in [3.05, 3.63) is 35.6 Å². The van der Waals surface area contributed by atoms with Gasteiger partial charge in [-0.15, -0.1) is 0 Å². The maximum absolute atomic E-state index is 13.2. The van der Waals surface area contributed by atoms with Crippen molar-refractivity contribution in [3.63, 3.8) is 0 Å². The third-order valence-electron chi connectivity index (χ3n) is 3.04. The molecule has 4 heteroatoms. The molecule has 92 valence electrons. The summed E-state index contributed by atoms with van der Waals surface area (Å²) >= 11 is 0. The Kier molecular flexibility index (Phi) is 3.43. The molecule has 0 saturated carbocycles. The predicted octanol–water partition coefficient (Wildman–Crippen LogP) is 3.25. The van der Waals surface area contributed by atoms with Crippen molar-refractivity contribution in [2.45, 2.75) is 25.8 Å². The number of benzene rings is 1. The molecule has 0 radical (unpaired) electrons. The van der Waals surface area contributed by atoms with Crippen LogP contribution in [0.2, 0.25) is 0 Å². The first-order valence-corrected chi connectivity index (χ1v) is 5.69. The molecule has 0 bridgehead atoms. The molecule has 0 unspecified atom stereocenters. The lowest BCUT2D eigenvalue weighted by Crippen LogP contribution is -2.26. The maximum atomic E-state index is 13.2. The van der Waals surface area contributed by atoms with E-state index in [-0.39, 0.29) is 11.0 Å². The zero-order valence-electron chi connectivity index (χ0n) is 9.89. The smallest absolute Gasteiger partial charge is 0.315 e. The standard InChI is InChI=1S/C13H15F2NO/c1-3-9(16-2)6-8-4-5-10-11(7-8)17-13(15)12(10)14/h4-5,7,9,16H,3,6H2,1-2H3/t9-/m0/s1. The fourth-order valence-corrected chi connectivity index (χ4v) is 1.94. The second kappa shape index (κ2) is 4.84. The first kappa shape index (κ1) is 12.0. The van der Waals surface area contributed by atoms with Crippen LogP contribution in [-0.4, -0.2) is 13.1 Å². The highest BCUT2D eigenvalue weighted by Gasteiger charge is 2.14. The Labute approximate surface area is 98.6 Å². The SMILES string of the molecule is CC[C@@H](Cc1ccc2c(F)c(F)oc2c1)NC. The monoisotopic (exact) mass is 239 g/mol. The molecule has 17 heavy (non-hydrogen) atoms. The second-order valence-electron chi connectivity index (χ2n) is 4.12. The molecule has 0 aliphatic carbocycles. The second-order valence-corrected chi connectivity index (χ2v) is 4.12.